The van der Waals surface area contributed by atoms with E-state index in [1.807, 2.05) is 27.7 Å². The van der Waals surface area contributed by atoms with Crippen LogP contribution in [0.5, 0.6) is 0 Å². The number of hydrogen-bond donors (Lipinski definition) is 2. The molecule has 104 valence electrons. The van der Waals surface area contributed by atoms with Gasteiger partial charge in [-0.2, -0.15) is 0 Å². The van der Waals surface area contributed by atoms with E-state index < -0.39 is 0 Å². The van der Waals surface area contributed by atoms with E-state index in [-0.39, 0.29) is 35.7 Å². The maximum atomic E-state index is 11.6. The lowest BCUT2D eigenvalue weighted by atomic mass is 9.90. The van der Waals surface area contributed by atoms with Gasteiger partial charge in [-0.25, -0.2) is 0 Å². The van der Waals surface area contributed by atoms with Crippen LogP contribution in [0.3, 0.4) is 0 Å². The van der Waals surface area contributed by atoms with Gasteiger partial charge in [0, 0.05) is 23.9 Å². The van der Waals surface area contributed by atoms with E-state index in [1.54, 1.807) is 0 Å². The minimum absolute atomic E-state index is 0.0448. The Balaban J connectivity index is 2.28. The van der Waals surface area contributed by atoms with Gasteiger partial charge in [-0.1, -0.05) is 27.7 Å². The molecule has 0 spiro atoms. The SMILES string of the molecule is CC(C)C(=O)NC1CCC(NC(=O)C(C)C)CC1. The summed E-state index contributed by atoms with van der Waals surface area (Å²) in [5.41, 5.74) is 0. The second-order valence-electron chi connectivity index (χ2n) is 5.88. The molecule has 2 N–H and O–H groups in total. The lowest BCUT2D eigenvalue weighted by molar-refractivity contribution is -0.126. The van der Waals surface area contributed by atoms with E-state index in [9.17, 15) is 9.59 Å². The van der Waals surface area contributed by atoms with Crippen LogP contribution in [-0.4, -0.2) is 23.9 Å². The molecule has 0 atom stereocenters. The van der Waals surface area contributed by atoms with Gasteiger partial charge < -0.3 is 10.6 Å². The van der Waals surface area contributed by atoms with Gasteiger partial charge in [0.1, 0.15) is 0 Å². The van der Waals surface area contributed by atoms with Crippen LogP contribution in [0.25, 0.3) is 0 Å². The summed E-state index contributed by atoms with van der Waals surface area (Å²) in [6.07, 6.45) is 3.84. The molecule has 1 saturated carbocycles. The van der Waals surface area contributed by atoms with E-state index in [1.165, 1.54) is 0 Å². The number of amides is 2. The van der Waals surface area contributed by atoms with Crippen molar-refractivity contribution in [3.05, 3.63) is 0 Å². The van der Waals surface area contributed by atoms with Gasteiger partial charge in [-0.15, -0.1) is 0 Å². The van der Waals surface area contributed by atoms with Gasteiger partial charge >= 0.3 is 0 Å². The molecular formula is C14H26N2O2. The minimum atomic E-state index is 0.0448. The van der Waals surface area contributed by atoms with Gasteiger partial charge in [0.2, 0.25) is 11.8 Å². The van der Waals surface area contributed by atoms with Gasteiger partial charge in [-0.3, -0.25) is 9.59 Å². The first kappa shape index (κ1) is 15.0. The third kappa shape index (κ3) is 4.67. The maximum Gasteiger partial charge on any atom is 0.222 e. The van der Waals surface area contributed by atoms with Crippen LogP contribution >= 0.6 is 0 Å². The molecule has 0 heterocycles. The van der Waals surface area contributed by atoms with Crippen LogP contribution in [0.15, 0.2) is 0 Å². The smallest absolute Gasteiger partial charge is 0.222 e. The first-order valence-corrected chi connectivity index (χ1v) is 7.01. The zero-order valence-corrected chi connectivity index (χ0v) is 12.0. The second kappa shape index (κ2) is 6.76. The molecule has 1 aliphatic rings. The molecule has 0 aromatic heterocycles. The van der Waals surface area contributed by atoms with Gasteiger partial charge in [0.05, 0.1) is 0 Å². The Labute approximate surface area is 110 Å². The largest absolute Gasteiger partial charge is 0.353 e. The highest BCUT2D eigenvalue weighted by atomic mass is 16.2. The molecule has 1 rings (SSSR count). The molecule has 0 unspecified atom stereocenters. The summed E-state index contributed by atoms with van der Waals surface area (Å²) in [5.74, 6) is 0.348. The van der Waals surface area contributed by atoms with Crippen molar-refractivity contribution in [2.75, 3.05) is 0 Å². The van der Waals surface area contributed by atoms with E-state index >= 15 is 0 Å². The molecule has 18 heavy (non-hydrogen) atoms. The average molecular weight is 254 g/mol. The fourth-order valence-corrected chi connectivity index (χ4v) is 2.12. The van der Waals surface area contributed by atoms with Crippen LogP contribution in [0.1, 0.15) is 53.4 Å². The van der Waals surface area contributed by atoms with E-state index in [2.05, 4.69) is 10.6 Å². The molecule has 0 radical (unpaired) electrons. The topological polar surface area (TPSA) is 58.2 Å². The van der Waals surface area contributed by atoms with Crippen molar-refractivity contribution in [3.8, 4) is 0 Å². The molecule has 1 aliphatic carbocycles. The highest BCUT2D eigenvalue weighted by Crippen LogP contribution is 2.19. The summed E-state index contributed by atoms with van der Waals surface area (Å²) < 4.78 is 0. The Kier molecular flexibility index (Phi) is 5.63. The summed E-state index contributed by atoms with van der Waals surface area (Å²) in [6, 6.07) is 0.569. The van der Waals surface area contributed by atoms with Crippen LogP contribution < -0.4 is 10.6 Å². The highest BCUT2D eigenvalue weighted by Gasteiger charge is 2.24. The lowest BCUT2D eigenvalue weighted by Crippen LogP contribution is -2.45. The van der Waals surface area contributed by atoms with Crippen molar-refractivity contribution in [2.24, 2.45) is 11.8 Å². The molecular weight excluding hydrogens is 228 g/mol. The Morgan fingerprint density at radius 2 is 1.06 bits per heavy atom. The number of carbonyl (C=O) groups is 2. The third-order valence-electron chi connectivity index (χ3n) is 3.47. The number of hydrogen-bond acceptors (Lipinski definition) is 2. The van der Waals surface area contributed by atoms with Crippen LogP contribution in [-0.2, 0) is 9.59 Å². The van der Waals surface area contributed by atoms with Crippen LogP contribution in [0.4, 0.5) is 0 Å². The van der Waals surface area contributed by atoms with Gasteiger partial charge in [0.25, 0.3) is 0 Å². The van der Waals surface area contributed by atoms with Crippen molar-refractivity contribution in [1.82, 2.24) is 10.6 Å². The first-order chi connectivity index (χ1) is 8.40. The Hall–Kier alpha value is -1.06. The minimum Gasteiger partial charge on any atom is -0.353 e. The molecule has 4 heteroatoms. The Bertz CT molecular complexity index is 262. The highest BCUT2D eigenvalue weighted by molar-refractivity contribution is 5.78. The molecule has 0 bridgehead atoms. The maximum absolute atomic E-state index is 11.6. The Morgan fingerprint density at radius 3 is 1.28 bits per heavy atom. The third-order valence-corrected chi connectivity index (χ3v) is 3.47. The van der Waals surface area contributed by atoms with E-state index in [4.69, 9.17) is 0 Å². The predicted molar refractivity (Wildman–Crippen MR) is 72.0 cm³/mol. The summed E-state index contributed by atoms with van der Waals surface area (Å²) in [6.45, 7) is 7.63. The van der Waals surface area contributed by atoms with Crippen molar-refractivity contribution in [1.29, 1.82) is 0 Å². The monoisotopic (exact) mass is 254 g/mol. The molecule has 0 aromatic rings. The quantitative estimate of drug-likeness (QED) is 0.804. The average Bonchev–Trinajstić information content (AvgIpc) is 2.31. The summed E-state index contributed by atoms with van der Waals surface area (Å²) in [5, 5.41) is 6.13. The first-order valence-electron chi connectivity index (χ1n) is 7.01. The molecule has 2 amide bonds. The molecule has 0 aliphatic heterocycles. The lowest BCUT2D eigenvalue weighted by Gasteiger charge is -2.30. The molecule has 0 aromatic carbocycles. The molecule has 1 fully saturated rings. The van der Waals surface area contributed by atoms with E-state index in [0.29, 0.717) is 0 Å². The Morgan fingerprint density at radius 1 is 0.778 bits per heavy atom. The van der Waals surface area contributed by atoms with Gasteiger partial charge in [0.15, 0.2) is 0 Å². The molecule has 0 saturated heterocycles. The van der Waals surface area contributed by atoms with Gasteiger partial charge in [-0.05, 0) is 25.7 Å². The number of rotatable bonds is 4. The fourth-order valence-electron chi connectivity index (χ4n) is 2.12. The van der Waals surface area contributed by atoms with Crippen molar-refractivity contribution < 1.29 is 9.59 Å². The normalized spacial score (nSPS) is 24.1. The van der Waals surface area contributed by atoms with E-state index in [0.717, 1.165) is 25.7 Å². The zero-order valence-electron chi connectivity index (χ0n) is 12.0. The fraction of sp³-hybridized carbons (Fsp3) is 0.857. The summed E-state index contributed by atoms with van der Waals surface area (Å²) >= 11 is 0. The van der Waals surface area contributed by atoms with Crippen molar-refractivity contribution in [3.63, 3.8) is 0 Å². The van der Waals surface area contributed by atoms with Crippen molar-refractivity contribution >= 4 is 11.8 Å². The predicted octanol–water partition coefficient (Wildman–Crippen LogP) is 1.84. The molecule has 4 nitrogen and oxygen atoms in total. The van der Waals surface area contributed by atoms with Crippen LogP contribution in [0, 0.1) is 11.8 Å². The van der Waals surface area contributed by atoms with Crippen molar-refractivity contribution in [2.45, 2.75) is 65.5 Å². The standard InChI is InChI=1S/C14H26N2O2/c1-9(2)13(17)15-11-5-7-12(8-6-11)16-14(18)10(3)4/h9-12H,5-8H2,1-4H3,(H,15,17)(H,16,18). The second-order valence-corrected chi connectivity index (χ2v) is 5.88. The summed E-state index contributed by atoms with van der Waals surface area (Å²) in [7, 11) is 0. The number of nitrogens with one attached hydrogen (secondary N) is 2. The zero-order chi connectivity index (χ0) is 13.7. The number of carbonyl (C=O) groups excluding carboxylic acids is 2. The summed E-state index contributed by atoms with van der Waals surface area (Å²) in [4.78, 5) is 23.2. The van der Waals surface area contributed by atoms with Crippen LogP contribution in [0.2, 0.25) is 0 Å².